The molecule has 0 unspecified atom stereocenters. The molecule has 1 amide bonds. The first-order valence-corrected chi connectivity index (χ1v) is 6.32. The van der Waals surface area contributed by atoms with E-state index in [0.29, 0.717) is 24.6 Å². The summed E-state index contributed by atoms with van der Waals surface area (Å²) in [6, 6.07) is 5.01. The van der Waals surface area contributed by atoms with Gasteiger partial charge in [-0.3, -0.25) is 4.79 Å². The van der Waals surface area contributed by atoms with Gasteiger partial charge in [-0.25, -0.2) is 0 Å². The summed E-state index contributed by atoms with van der Waals surface area (Å²) in [5.74, 6) is 0.932. The lowest BCUT2D eigenvalue weighted by molar-refractivity contribution is -0.120. The van der Waals surface area contributed by atoms with Gasteiger partial charge in [0.1, 0.15) is 0 Å². The van der Waals surface area contributed by atoms with Crippen molar-refractivity contribution in [3.05, 3.63) is 35.9 Å². The zero-order valence-corrected chi connectivity index (χ0v) is 11.6. The second-order valence-electron chi connectivity index (χ2n) is 4.66. The van der Waals surface area contributed by atoms with Crippen LogP contribution in [0.25, 0.3) is 0 Å². The number of amides is 1. The molecule has 104 valence electrons. The average Bonchev–Trinajstić information content (AvgIpc) is 2.37. The molecule has 1 rings (SSSR count). The van der Waals surface area contributed by atoms with E-state index in [4.69, 9.17) is 4.74 Å². The molecule has 0 aromatic heterocycles. The predicted molar refractivity (Wildman–Crippen MR) is 75.1 cm³/mol. The molecule has 0 aliphatic carbocycles. The van der Waals surface area contributed by atoms with Gasteiger partial charge in [-0.1, -0.05) is 32.1 Å². The Morgan fingerprint density at radius 1 is 1.47 bits per heavy atom. The largest absolute Gasteiger partial charge is 0.504 e. The van der Waals surface area contributed by atoms with Gasteiger partial charge in [-0.05, 0) is 23.6 Å². The summed E-state index contributed by atoms with van der Waals surface area (Å²) in [4.78, 5) is 11.6. The fourth-order valence-corrected chi connectivity index (χ4v) is 1.55. The quantitative estimate of drug-likeness (QED) is 0.776. The number of phenols is 1. The Morgan fingerprint density at radius 2 is 2.21 bits per heavy atom. The summed E-state index contributed by atoms with van der Waals surface area (Å²) < 4.78 is 5.01. The smallest absolute Gasteiger partial charge is 0.224 e. The van der Waals surface area contributed by atoms with Crippen LogP contribution in [-0.4, -0.2) is 18.1 Å². The van der Waals surface area contributed by atoms with Crippen molar-refractivity contribution in [3.63, 3.8) is 0 Å². The summed E-state index contributed by atoms with van der Waals surface area (Å²) in [5.41, 5.74) is 0.885. The lowest BCUT2D eigenvalue weighted by Gasteiger charge is -2.07. The highest BCUT2D eigenvalue weighted by Crippen LogP contribution is 2.26. The van der Waals surface area contributed by atoms with E-state index in [-0.39, 0.29) is 11.7 Å². The average molecular weight is 263 g/mol. The minimum Gasteiger partial charge on any atom is -0.504 e. The predicted octanol–water partition coefficient (Wildman–Crippen LogP) is 2.62. The number of carbonyl (C=O) groups is 1. The standard InChI is InChI=1S/C15H21NO3/c1-11(2)5-4-6-15(18)16-10-12-7-8-13(17)14(9-12)19-3/h4-5,7-9,11,17H,6,10H2,1-3H3,(H,16,18)/b5-4+. The highest BCUT2D eigenvalue weighted by molar-refractivity contribution is 5.77. The van der Waals surface area contributed by atoms with E-state index in [2.05, 4.69) is 19.2 Å². The molecule has 4 heteroatoms. The van der Waals surface area contributed by atoms with Gasteiger partial charge in [0.05, 0.1) is 7.11 Å². The van der Waals surface area contributed by atoms with Crippen LogP contribution in [0.5, 0.6) is 11.5 Å². The number of allylic oxidation sites excluding steroid dienone is 1. The summed E-state index contributed by atoms with van der Waals surface area (Å²) in [7, 11) is 1.49. The number of hydrogen-bond donors (Lipinski definition) is 2. The maximum Gasteiger partial charge on any atom is 0.224 e. The van der Waals surface area contributed by atoms with Gasteiger partial charge in [-0.2, -0.15) is 0 Å². The van der Waals surface area contributed by atoms with Crippen LogP contribution in [-0.2, 0) is 11.3 Å². The van der Waals surface area contributed by atoms with Crippen molar-refractivity contribution >= 4 is 5.91 Å². The molecule has 0 aliphatic heterocycles. The zero-order chi connectivity index (χ0) is 14.3. The Balaban J connectivity index is 2.46. The van der Waals surface area contributed by atoms with Gasteiger partial charge < -0.3 is 15.2 Å². The number of hydrogen-bond acceptors (Lipinski definition) is 3. The van der Waals surface area contributed by atoms with E-state index in [0.717, 1.165) is 5.56 Å². The molecule has 0 radical (unpaired) electrons. The summed E-state index contributed by atoms with van der Waals surface area (Å²) in [6.45, 7) is 4.55. The second-order valence-corrected chi connectivity index (χ2v) is 4.66. The lowest BCUT2D eigenvalue weighted by atomic mass is 10.2. The Kier molecular flexibility index (Phi) is 5.93. The first-order chi connectivity index (χ1) is 9.02. The van der Waals surface area contributed by atoms with Crippen LogP contribution in [0.2, 0.25) is 0 Å². The van der Waals surface area contributed by atoms with E-state index in [1.807, 2.05) is 12.2 Å². The van der Waals surface area contributed by atoms with E-state index in [9.17, 15) is 9.90 Å². The SMILES string of the molecule is COc1cc(CNC(=O)C/C=C/C(C)C)ccc1O. The number of ether oxygens (including phenoxy) is 1. The fourth-order valence-electron chi connectivity index (χ4n) is 1.55. The zero-order valence-electron chi connectivity index (χ0n) is 11.6. The molecule has 0 saturated heterocycles. The molecule has 1 aromatic carbocycles. The number of aromatic hydroxyl groups is 1. The number of methoxy groups -OCH3 is 1. The van der Waals surface area contributed by atoms with Crippen LogP contribution in [0.3, 0.4) is 0 Å². The third kappa shape index (κ3) is 5.46. The van der Waals surface area contributed by atoms with Gasteiger partial charge in [0.2, 0.25) is 5.91 Å². The van der Waals surface area contributed by atoms with Crippen molar-refractivity contribution in [1.82, 2.24) is 5.32 Å². The van der Waals surface area contributed by atoms with Crippen LogP contribution in [0.1, 0.15) is 25.8 Å². The topological polar surface area (TPSA) is 58.6 Å². The van der Waals surface area contributed by atoms with Crippen LogP contribution < -0.4 is 10.1 Å². The van der Waals surface area contributed by atoms with Crippen LogP contribution in [0, 0.1) is 5.92 Å². The fraction of sp³-hybridized carbons (Fsp3) is 0.400. The van der Waals surface area contributed by atoms with Crippen LogP contribution in [0.15, 0.2) is 30.4 Å². The Hall–Kier alpha value is -1.97. The number of phenolic OH excluding ortho intramolecular Hbond substituents is 1. The number of nitrogens with one attached hydrogen (secondary N) is 1. The van der Waals surface area contributed by atoms with Crippen molar-refractivity contribution < 1.29 is 14.6 Å². The van der Waals surface area contributed by atoms with Gasteiger partial charge in [0.15, 0.2) is 11.5 Å². The first-order valence-electron chi connectivity index (χ1n) is 6.32. The number of carbonyl (C=O) groups excluding carboxylic acids is 1. The Bertz CT molecular complexity index is 453. The molecule has 0 heterocycles. The second kappa shape index (κ2) is 7.46. The highest BCUT2D eigenvalue weighted by Gasteiger charge is 2.04. The van der Waals surface area contributed by atoms with E-state index >= 15 is 0 Å². The number of benzene rings is 1. The van der Waals surface area contributed by atoms with E-state index < -0.39 is 0 Å². The molecule has 0 saturated carbocycles. The molecule has 2 N–H and O–H groups in total. The van der Waals surface area contributed by atoms with Crippen molar-refractivity contribution in [1.29, 1.82) is 0 Å². The number of rotatable bonds is 6. The van der Waals surface area contributed by atoms with Crippen molar-refractivity contribution in [3.8, 4) is 11.5 Å². The highest BCUT2D eigenvalue weighted by atomic mass is 16.5. The minimum atomic E-state index is -0.0241. The molecular formula is C15H21NO3. The summed E-state index contributed by atoms with van der Waals surface area (Å²) >= 11 is 0. The van der Waals surface area contributed by atoms with Crippen molar-refractivity contribution in [2.75, 3.05) is 7.11 Å². The molecule has 0 aliphatic rings. The summed E-state index contributed by atoms with van der Waals surface area (Å²) in [5, 5.41) is 12.3. The summed E-state index contributed by atoms with van der Waals surface area (Å²) in [6.07, 6.45) is 4.26. The van der Waals surface area contributed by atoms with Crippen molar-refractivity contribution in [2.45, 2.75) is 26.8 Å². The molecular weight excluding hydrogens is 242 g/mol. The van der Waals surface area contributed by atoms with Crippen molar-refractivity contribution in [2.24, 2.45) is 5.92 Å². The Labute approximate surface area is 114 Å². The molecule has 0 spiro atoms. The molecule has 0 atom stereocenters. The van der Waals surface area contributed by atoms with Gasteiger partial charge >= 0.3 is 0 Å². The molecule has 0 bridgehead atoms. The van der Waals surface area contributed by atoms with Crippen LogP contribution in [0.4, 0.5) is 0 Å². The third-order valence-corrected chi connectivity index (χ3v) is 2.56. The Morgan fingerprint density at radius 3 is 2.84 bits per heavy atom. The molecule has 4 nitrogen and oxygen atoms in total. The minimum absolute atomic E-state index is 0.0241. The lowest BCUT2D eigenvalue weighted by Crippen LogP contribution is -2.21. The van der Waals surface area contributed by atoms with E-state index in [1.54, 1.807) is 18.2 Å². The maximum atomic E-state index is 11.6. The molecule has 19 heavy (non-hydrogen) atoms. The van der Waals surface area contributed by atoms with Gasteiger partial charge in [0.25, 0.3) is 0 Å². The third-order valence-electron chi connectivity index (χ3n) is 2.56. The van der Waals surface area contributed by atoms with Gasteiger partial charge in [0, 0.05) is 13.0 Å². The normalized spacial score (nSPS) is 10.9. The van der Waals surface area contributed by atoms with E-state index in [1.165, 1.54) is 7.11 Å². The van der Waals surface area contributed by atoms with Crippen LogP contribution >= 0.6 is 0 Å². The van der Waals surface area contributed by atoms with Gasteiger partial charge in [-0.15, -0.1) is 0 Å². The first kappa shape index (κ1) is 15.1. The molecule has 1 aromatic rings. The molecule has 0 fully saturated rings. The maximum absolute atomic E-state index is 11.6. The monoisotopic (exact) mass is 263 g/mol.